The fraction of sp³-hybridized carbons (Fsp3) is 0. The van der Waals surface area contributed by atoms with Gasteiger partial charge in [0.25, 0.3) is 11.6 Å². The molecule has 2 aromatic heterocycles. The van der Waals surface area contributed by atoms with Gasteiger partial charge in [-0.05, 0) is 24.3 Å². The minimum absolute atomic E-state index is 0.0590. The van der Waals surface area contributed by atoms with E-state index in [9.17, 15) is 23.3 Å². The van der Waals surface area contributed by atoms with E-state index in [1.54, 1.807) is 24.3 Å². The third kappa shape index (κ3) is 3.73. The Hall–Kier alpha value is -3.77. The number of carbonyl (C=O) groups is 1. The number of anilines is 1. The second kappa shape index (κ2) is 7.57. The highest BCUT2D eigenvalue weighted by Gasteiger charge is 2.23. The molecule has 0 aliphatic heterocycles. The molecule has 0 aliphatic carbocycles. The molecule has 0 aliphatic rings. The minimum atomic E-state index is -3.94. The second-order valence-corrected chi connectivity index (χ2v) is 9.14. The molecule has 150 valence electrons. The standard InChI is InChI=1S/C18H11N5O5S2/c24-17(15-9-19-13-3-1-2-4-14(13)21-15)22-18-20-10-16(29-18)30(27,28)12-7-5-11(6-8-12)23(25)26/h1-10H,(H,20,22,24). The molecule has 0 fully saturated rings. The Labute approximate surface area is 173 Å². The van der Waals surface area contributed by atoms with Gasteiger partial charge in [0.2, 0.25) is 9.84 Å². The highest BCUT2D eigenvalue weighted by molar-refractivity contribution is 7.93. The summed E-state index contributed by atoms with van der Waals surface area (Å²) in [6, 6.07) is 11.6. The second-order valence-electron chi connectivity index (χ2n) is 5.94. The molecule has 10 nitrogen and oxygen atoms in total. The van der Waals surface area contributed by atoms with Gasteiger partial charge in [0.15, 0.2) is 5.13 Å². The number of rotatable bonds is 5. The van der Waals surface area contributed by atoms with E-state index in [1.165, 1.54) is 6.20 Å². The lowest BCUT2D eigenvalue weighted by molar-refractivity contribution is -0.384. The Bertz CT molecular complexity index is 1380. The number of non-ortho nitro benzene ring substituents is 1. The van der Waals surface area contributed by atoms with Gasteiger partial charge >= 0.3 is 0 Å². The Morgan fingerprint density at radius 1 is 1.00 bits per heavy atom. The van der Waals surface area contributed by atoms with E-state index in [4.69, 9.17) is 0 Å². The quantitative estimate of drug-likeness (QED) is 0.367. The van der Waals surface area contributed by atoms with Crippen LogP contribution in [-0.2, 0) is 9.84 Å². The highest BCUT2D eigenvalue weighted by Crippen LogP contribution is 2.29. The molecule has 0 radical (unpaired) electrons. The number of para-hydroxylation sites is 2. The summed E-state index contributed by atoms with van der Waals surface area (Å²) in [4.78, 5) is 34.7. The van der Waals surface area contributed by atoms with E-state index in [-0.39, 0.29) is 25.6 Å². The minimum Gasteiger partial charge on any atom is -0.296 e. The zero-order valence-electron chi connectivity index (χ0n) is 14.9. The summed E-state index contributed by atoms with van der Waals surface area (Å²) in [6.45, 7) is 0. The predicted octanol–water partition coefficient (Wildman–Crippen LogP) is 3.08. The van der Waals surface area contributed by atoms with Crippen LogP contribution in [0, 0.1) is 10.1 Å². The topological polar surface area (TPSA) is 145 Å². The molecule has 30 heavy (non-hydrogen) atoms. The molecule has 1 N–H and O–H groups in total. The SMILES string of the molecule is O=C(Nc1ncc(S(=O)(=O)c2ccc([N+](=O)[O-])cc2)s1)c1cnc2ccccc2n1. The van der Waals surface area contributed by atoms with Crippen LogP contribution in [0.3, 0.4) is 0 Å². The smallest absolute Gasteiger partial charge is 0.277 e. The number of aromatic nitrogens is 3. The van der Waals surface area contributed by atoms with Crippen molar-refractivity contribution in [2.45, 2.75) is 9.10 Å². The van der Waals surface area contributed by atoms with Gasteiger partial charge in [0, 0.05) is 12.1 Å². The molecule has 0 spiro atoms. The van der Waals surface area contributed by atoms with Crippen molar-refractivity contribution in [2.24, 2.45) is 0 Å². The molecule has 0 saturated carbocycles. The molecule has 12 heteroatoms. The lowest BCUT2D eigenvalue weighted by Crippen LogP contribution is -2.13. The largest absolute Gasteiger partial charge is 0.296 e. The van der Waals surface area contributed by atoms with E-state index in [0.717, 1.165) is 41.8 Å². The Balaban J connectivity index is 1.55. The number of nitro groups is 1. The first-order chi connectivity index (χ1) is 14.3. The van der Waals surface area contributed by atoms with E-state index < -0.39 is 20.7 Å². The van der Waals surface area contributed by atoms with Crippen molar-refractivity contribution in [1.29, 1.82) is 0 Å². The number of nitrogens with one attached hydrogen (secondary N) is 1. The van der Waals surface area contributed by atoms with Gasteiger partial charge in [0.1, 0.15) is 9.90 Å². The van der Waals surface area contributed by atoms with Gasteiger partial charge in [-0.25, -0.2) is 18.4 Å². The van der Waals surface area contributed by atoms with Gasteiger partial charge in [-0.3, -0.25) is 25.2 Å². The number of hydrogen-bond donors (Lipinski definition) is 1. The van der Waals surface area contributed by atoms with E-state index in [2.05, 4.69) is 20.3 Å². The van der Waals surface area contributed by atoms with Crippen molar-refractivity contribution in [1.82, 2.24) is 15.0 Å². The zero-order chi connectivity index (χ0) is 21.3. The normalized spacial score (nSPS) is 11.3. The van der Waals surface area contributed by atoms with Crippen LogP contribution in [-0.4, -0.2) is 34.2 Å². The fourth-order valence-corrected chi connectivity index (χ4v) is 4.96. The number of fused-ring (bicyclic) bond motifs is 1. The number of hydrogen-bond acceptors (Lipinski definition) is 9. The molecule has 4 aromatic rings. The number of sulfone groups is 1. The Morgan fingerprint density at radius 3 is 2.40 bits per heavy atom. The molecule has 4 rings (SSSR count). The van der Waals surface area contributed by atoms with Crippen LogP contribution >= 0.6 is 11.3 Å². The van der Waals surface area contributed by atoms with Gasteiger partial charge in [-0.2, -0.15) is 0 Å². The lowest BCUT2D eigenvalue weighted by Gasteiger charge is -2.02. The van der Waals surface area contributed by atoms with Crippen molar-refractivity contribution >= 4 is 48.9 Å². The molecule has 0 unspecified atom stereocenters. The number of carbonyl (C=O) groups excluding carboxylic acids is 1. The predicted molar refractivity (Wildman–Crippen MR) is 108 cm³/mol. The van der Waals surface area contributed by atoms with Crippen molar-refractivity contribution in [3.05, 3.63) is 76.7 Å². The van der Waals surface area contributed by atoms with Crippen LogP contribution in [0.25, 0.3) is 11.0 Å². The van der Waals surface area contributed by atoms with E-state index in [0.29, 0.717) is 11.0 Å². The van der Waals surface area contributed by atoms with Crippen molar-refractivity contribution in [3.8, 4) is 0 Å². The summed E-state index contributed by atoms with van der Waals surface area (Å²) < 4.78 is 25.3. The Morgan fingerprint density at radius 2 is 1.70 bits per heavy atom. The fourth-order valence-electron chi connectivity index (χ4n) is 2.53. The van der Waals surface area contributed by atoms with Crippen LogP contribution < -0.4 is 5.32 Å². The van der Waals surface area contributed by atoms with Crippen molar-refractivity contribution < 1.29 is 18.1 Å². The average Bonchev–Trinajstić information content (AvgIpc) is 3.22. The summed E-state index contributed by atoms with van der Waals surface area (Å²) in [7, 11) is -3.94. The summed E-state index contributed by atoms with van der Waals surface area (Å²) in [5, 5.41) is 13.3. The average molecular weight is 441 g/mol. The van der Waals surface area contributed by atoms with E-state index in [1.807, 2.05) is 0 Å². The number of amides is 1. The maximum Gasteiger partial charge on any atom is 0.277 e. The first-order valence-corrected chi connectivity index (χ1v) is 10.6. The molecular formula is C18H11N5O5S2. The molecule has 1 amide bonds. The number of thiazole rings is 1. The maximum absolute atomic E-state index is 12.7. The maximum atomic E-state index is 12.7. The summed E-state index contributed by atoms with van der Waals surface area (Å²) in [5.41, 5.74) is 1.02. The molecule has 2 aromatic carbocycles. The highest BCUT2D eigenvalue weighted by atomic mass is 32.2. The summed E-state index contributed by atoms with van der Waals surface area (Å²) in [5.74, 6) is -0.582. The molecule has 0 bridgehead atoms. The third-order valence-electron chi connectivity index (χ3n) is 4.01. The number of nitro benzene ring substituents is 1. The van der Waals surface area contributed by atoms with Crippen LogP contribution in [0.2, 0.25) is 0 Å². The van der Waals surface area contributed by atoms with Gasteiger partial charge < -0.3 is 0 Å². The molecule has 0 saturated heterocycles. The summed E-state index contributed by atoms with van der Waals surface area (Å²) in [6.07, 6.45) is 2.43. The van der Waals surface area contributed by atoms with Crippen molar-refractivity contribution in [3.63, 3.8) is 0 Å². The third-order valence-corrected chi connectivity index (χ3v) is 7.15. The first-order valence-electron chi connectivity index (χ1n) is 8.33. The van der Waals surface area contributed by atoms with Gasteiger partial charge in [0.05, 0.1) is 33.2 Å². The molecule has 2 heterocycles. The first kappa shape index (κ1) is 19.5. The monoisotopic (exact) mass is 441 g/mol. The van der Waals surface area contributed by atoms with E-state index >= 15 is 0 Å². The van der Waals surface area contributed by atoms with Gasteiger partial charge in [-0.1, -0.05) is 23.5 Å². The van der Waals surface area contributed by atoms with Gasteiger partial charge in [-0.15, -0.1) is 0 Å². The van der Waals surface area contributed by atoms with Crippen molar-refractivity contribution in [2.75, 3.05) is 5.32 Å². The number of benzene rings is 2. The Kier molecular flexibility index (Phi) is 4.93. The molecular weight excluding hydrogens is 430 g/mol. The van der Waals surface area contributed by atoms with Crippen LogP contribution in [0.1, 0.15) is 10.5 Å². The van der Waals surface area contributed by atoms with Crippen LogP contribution in [0.15, 0.2) is 70.0 Å². The summed E-state index contributed by atoms with van der Waals surface area (Å²) >= 11 is 0.759. The molecule has 0 atom stereocenters. The zero-order valence-corrected chi connectivity index (χ0v) is 16.6. The number of nitrogens with zero attached hydrogens (tertiary/aromatic N) is 4. The van der Waals surface area contributed by atoms with Crippen LogP contribution in [0.5, 0.6) is 0 Å². The lowest BCUT2D eigenvalue weighted by atomic mass is 10.3. The van der Waals surface area contributed by atoms with Crippen LogP contribution in [0.4, 0.5) is 10.8 Å².